The molecule has 1 aromatic heterocycles. The fourth-order valence-corrected chi connectivity index (χ4v) is 5.76. The first-order valence-electron chi connectivity index (χ1n) is 9.88. The molecular weight excluding hydrogens is 380 g/mol. The lowest BCUT2D eigenvalue weighted by Crippen LogP contribution is -2.52. The van der Waals surface area contributed by atoms with Crippen LogP contribution < -0.4 is 4.90 Å². The van der Waals surface area contributed by atoms with Crippen LogP contribution in [0.4, 0.5) is 5.82 Å². The lowest BCUT2D eigenvalue weighted by atomic mass is 9.73. The van der Waals surface area contributed by atoms with E-state index in [-0.39, 0.29) is 11.8 Å². The Morgan fingerprint density at radius 2 is 2.00 bits per heavy atom. The molecule has 0 spiro atoms. The predicted octanol–water partition coefficient (Wildman–Crippen LogP) is 0.418. The van der Waals surface area contributed by atoms with Crippen LogP contribution in [0, 0.1) is 11.3 Å². The summed E-state index contributed by atoms with van der Waals surface area (Å²) < 4.78 is 31.5. The molecule has 0 N–H and O–H groups in total. The van der Waals surface area contributed by atoms with Gasteiger partial charge in [0, 0.05) is 51.4 Å². The van der Waals surface area contributed by atoms with Crippen LogP contribution in [0.3, 0.4) is 0 Å². The van der Waals surface area contributed by atoms with Gasteiger partial charge in [-0.2, -0.15) is 0 Å². The van der Waals surface area contributed by atoms with E-state index in [1.807, 2.05) is 23.1 Å². The summed E-state index contributed by atoms with van der Waals surface area (Å²) in [5, 5.41) is 0. The summed E-state index contributed by atoms with van der Waals surface area (Å²) in [7, 11) is -3.29. The molecule has 0 aliphatic carbocycles. The average Bonchev–Trinajstić information content (AvgIpc) is 2.96. The van der Waals surface area contributed by atoms with E-state index in [4.69, 9.17) is 4.74 Å². The highest BCUT2D eigenvalue weighted by Crippen LogP contribution is 2.45. The van der Waals surface area contributed by atoms with E-state index in [0.29, 0.717) is 65.3 Å². The zero-order chi connectivity index (χ0) is 19.8. The summed E-state index contributed by atoms with van der Waals surface area (Å²) in [5.74, 6) is 0.937. The number of amides is 1. The Morgan fingerprint density at radius 3 is 2.68 bits per heavy atom. The van der Waals surface area contributed by atoms with Gasteiger partial charge in [-0.05, 0) is 25.0 Å². The van der Waals surface area contributed by atoms with Crippen LogP contribution in [0.1, 0.15) is 12.8 Å². The third-order valence-corrected chi connectivity index (χ3v) is 7.59. The molecule has 0 bridgehead atoms. The number of carbonyl (C=O) groups excluding carboxylic acids is 1. The lowest BCUT2D eigenvalue weighted by molar-refractivity contribution is -0.147. The van der Waals surface area contributed by atoms with Gasteiger partial charge in [0.15, 0.2) is 0 Å². The Labute approximate surface area is 166 Å². The Balaban J connectivity index is 1.67. The van der Waals surface area contributed by atoms with Gasteiger partial charge in [-0.25, -0.2) is 17.7 Å². The summed E-state index contributed by atoms with van der Waals surface area (Å²) in [4.78, 5) is 22.2. The van der Waals surface area contributed by atoms with E-state index < -0.39 is 15.4 Å². The smallest absolute Gasteiger partial charge is 0.231 e. The monoisotopic (exact) mass is 408 g/mol. The lowest BCUT2D eigenvalue weighted by Gasteiger charge is -2.38. The first kappa shape index (κ1) is 19.6. The molecule has 4 rings (SSSR count). The van der Waals surface area contributed by atoms with Gasteiger partial charge < -0.3 is 14.5 Å². The number of pyridine rings is 1. The molecule has 1 aromatic rings. The van der Waals surface area contributed by atoms with E-state index >= 15 is 0 Å². The molecule has 0 saturated carbocycles. The summed E-state index contributed by atoms with van der Waals surface area (Å²) in [6.45, 7) is 4.42. The minimum Gasteiger partial charge on any atom is -0.378 e. The van der Waals surface area contributed by atoms with Gasteiger partial charge in [0.05, 0.1) is 24.9 Å². The Morgan fingerprint density at radius 1 is 1.21 bits per heavy atom. The van der Waals surface area contributed by atoms with Crippen molar-refractivity contribution in [2.45, 2.75) is 12.8 Å². The number of morpholine rings is 1. The first-order chi connectivity index (χ1) is 13.4. The maximum absolute atomic E-state index is 13.7. The van der Waals surface area contributed by atoms with Gasteiger partial charge in [-0.15, -0.1) is 0 Å². The zero-order valence-corrected chi connectivity index (χ0v) is 17.1. The SMILES string of the molecule is CS(=O)(=O)N1CCC[C@@]2(C(=O)N3CCOCC3)CN(c3ccccn3)C[C@H]2C1. The van der Waals surface area contributed by atoms with E-state index in [1.165, 1.54) is 6.26 Å². The quantitative estimate of drug-likeness (QED) is 0.721. The minimum absolute atomic E-state index is 0.0536. The molecule has 4 heterocycles. The topological polar surface area (TPSA) is 83.0 Å². The highest BCUT2D eigenvalue weighted by Gasteiger charge is 2.55. The minimum atomic E-state index is -3.29. The van der Waals surface area contributed by atoms with Crippen LogP contribution in [0.15, 0.2) is 24.4 Å². The normalized spacial score (nSPS) is 29.4. The molecule has 0 aromatic carbocycles. The zero-order valence-electron chi connectivity index (χ0n) is 16.3. The fraction of sp³-hybridized carbons (Fsp3) is 0.684. The van der Waals surface area contributed by atoms with Crippen molar-refractivity contribution in [3.8, 4) is 0 Å². The van der Waals surface area contributed by atoms with Gasteiger partial charge in [0.25, 0.3) is 0 Å². The van der Waals surface area contributed by atoms with Crippen LogP contribution in [0.5, 0.6) is 0 Å². The molecule has 154 valence electrons. The summed E-state index contributed by atoms with van der Waals surface area (Å²) in [6.07, 6.45) is 4.40. The maximum Gasteiger partial charge on any atom is 0.231 e. The van der Waals surface area contributed by atoms with Gasteiger partial charge in [-0.1, -0.05) is 6.07 Å². The van der Waals surface area contributed by atoms with Gasteiger partial charge >= 0.3 is 0 Å². The first-order valence-corrected chi connectivity index (χ1v) is 11.7. The number of hydrogen-bond acceptors (Lipinski definition) is 6. The molecule has 2 atom stereocenters. The van der Waals surface area contributed by atoms with E-state index in [2.05, 4.69) is 9.88 Å². The van der Waals surface area contributed by atoms with Crippen LogP contribution in [-0.4, -0.2) is 87.3 Å². The van der Waals surface area contributed by atoms with Crippen molar-refractivity contribution in [3.63, 3.8) is 0 Å². The van der Waals surface area contributed by atoms with Crippen LogP contribution in [0.2, 0.25) is 0 Å². The molecule has 0 unspecified atom stereocenters. The molecule has 28 heavy (non-hydrogen) atoms. The number of anilines is 1. The van der Waals surface area contributed by atoms with E-state index in [1.54, 1.807) is 10.5 Å². The summed E-state index contributed by atoms with van der Waals surface area (Å²) in [6, 6.07) is 5.76. The number of carbonyl (C=O) groups is 1. The summed E-state index contributed by atoms with van der Waals surface area (Å²) in [5.41, 5.74) is -0.575. The number of aromatic nitrogens is 1. The number of hydrogen-bond donors (Lipinski definition) is 0. The molecule has 8 nitrogen and oxygen atoms in total. The van der Waals surface area contributed by atoms with Gasteiger partial charge in [0.1, 0.15) is 5.82 Å². The van der Waals surface area contributed by atoms with Crippen molar-refractivity contribution >= 4 is 21.7 Å². The third kappa shape index (κ3) is 3.62. The number of fused-ring (bicyclic) bond motifs is 1. The molecule has 3 aliphatic heterocycles. The standard InChI is InChI=1S/C19H28N4O4S/c1-28(25,26)23-8-4-6-19(18(24)21-9-11-27-12-10-21)15-22(13-16(19)14-23)17-5-2-3-7-20-17/h2-3,5,7,16H,4,6,8-15H2,1H3/t16-,19+/m0/s1. The highest BCUT2D eigenvalue weighted by atomic mass is 32.2. The fourth-order valence-electron chi connectivity index (χ4n) is 4.85. The largest absolute Gasteiger partial charge is 0.378 e. The highest BCUT2D eigenvalue weighted by molar-refractivity contribution is 7.88. The van der Waals surface area contributed by atoms with Crippen LogP contribution in [-0.2, 0) is 19.6 Å². The van der Waals surface area contributed by atoms with Crippen molar-refractivity contribution in [1.29, 1.82) is 0 Å². The predicted molar refractivity (Wildman–Crippen MR) is 105 cm³/mol. The second-order valence-electron chi connectivity index (χ2n) is 8.05. The number of nitrogens with zero attached hydrogens (tertiary/aromatic N) is 4. The average molecular weight is 409 g/mol. The Bertz CT molecular complexity index is 812. The Hall–Kier alpha value is -1.71. The van der Waals surface area contributed by atoms with Crippen LogP contribution >= 0.6 is 0 Å². The molecule has 9 heteroatoms. The van der Waals surface area contributed by atoms with Crippen molar-refractivity contribution in [2.24, 2.45) is 11.3 Å². The molecule has 3 aliphatic rings. The third-order valence-electron chi connectivity index (χ3n) is 6.32. The van der Waals surface area contributed by atoms with Crippen molar-refractivity contribution < 1.29 is 17.9 Å². The number of ether oxygens (including phenoxy) is 1. The van der Waals surface area contributed by atoms with Crippen molar-refractivity contribution in [3.05, 3.63) is 24.4 Å². The number of sulfonamides is 1. The maximum atomic E-state index is 13.7. The van der Waals surface area contributed by atoms with E-state index in [9.17, 15) is 13.2 Å². The number of rotatable bonds is 3. The second kappa shape index (κ2) is 7.61. The Kier molecular flexibility index (Phi) is 5.32. The molecule has 3 fully saturated rings. The summed E-state index contributed by atoms with van der Waals surface area (Å²) >= 11 is 0. The van der Waals surface area contributed by atoms with Crippen molar-refractivity contribution in [2.75, 3.05) is 63.6 Å². The second-order valence-corrected chi connectivity index (χ2v) is 10.0. The molecular formula is C19H28N4O4S. The molecule has 0 radical (unpaired) electrons. The van der Waals surface area contributed by atoms with Crippen molar-refractivity contribution in [1.82, 2.24) is 14.2 Å². The van der Waals surface area contributed by atoms with Crippen LogP contribution in [0.25, 0.3) is 0 Å². The van der Waals surface area contributed by atoms with E-state index in [0.717, 1.165) is 5.82 Å². The molecule has 1 amide bonds. The molecule has 3 saturated heterocycles. The van der Waals surface area contributed by atoms with Gasteiger partial charge in [0.2, 0.25) is 15.9 Å². The van der Waals surface area contributed by atoms with Gasteiger partial charge in [-0.3, -0.25) is 4.79 Å².